The van der Waals surface area contributed by atoms with Gasteiger partial charge in [0.05, 0.1) is 0 Å². The van der Waals surface area contributed by atoms with E-state index in [-0.39, 0.29) is 5.54 Å². The van der Waals surface area contributed by atoms with Crippen LogP contribution in [0.4, 0.5) is 0 Å². The van der Waals surface area contributed by atoms with Crippen molar-refractivity contribution >= 4 is 0 Å². The van der Waals surface area contributed by atoms with Gasteiger partial charge in [-0.1, -0.05) is 19.3 Å². The lowest BCUT2D eigenvalue weighted by Crippen LogP contribution is -2.37. The predicted molar refractivity (Wildman–Crippen MR) is 76.5 cm³/mol. The summed E-state index contributed by atoms with van der Waals surface area (Å²) in [6, 6.07) is 0.874. The van der Waals surface area contributed by atoms with Crippen LogP contribution in [-0.4, -0.2) is 36.6 Å². The van der Waals surface area contributed by atoms with E-state index in [0.717, 1.165) is 12.6 Å². The minimum absolute atomic E-state index is 0.273. The van der Waals surface area contributed by atoms with Crippen LogP contribution >= 0.6 is 0 Å². The van der Waals surface area contributed by atoms with Gasteiger partial charge in [-0.25, -0.2) is 0 Å². The molecule has 0 amide bonds. The van der Waals surface area contributed by atoms with Crippen molar-refractivity contribution in [3.8, 4) is 0 Å². The van der Waals surface area contributed by atoms with Crippen molar-refractivity contribution < 1.29 is 0 Å². The first-order valence-electron chi connectivity index (χ1n) is 7.44. The first-order chi connectivity index (χ1) is 7.99. The third-order valence-corrected chi connectivity index (χ3v) is 3.79. The molecule has 1 aliphatic rings. The summed E-state index contributed by atoms with van der Waals surface area (Å²) in [7, 11) is 2.31. The summed E-state index contributed by atoms with van der Waals surface area (Å²) in [6.45, 7) is 9.14. The molecule has 0 aromatic carbocycles. The quantitative estimate of drug-likeness (QED) is 0.716. The maximum Gasteiger partial charge on any atom is 0.00965 e. The molecular weight excluding hydrogens is 208 g/mol. The molecule has 17 heavy (non-hydrogen) atoms. The molecule has 2 heteroatoms. The largest absolute Gasteiger partial charge is 0.312 e. The lowest BCUT2D eigenvalue weighted by molar-refractivity contribution is 0.188. The second kappa shape index (κ2) is 7.38. The molecule has 0 bridgehead atoms. The van der Waals surface area contributed by atoms with Crippen LogP contribution in [0.15, 0.2) is 0 Å². The first-order valence-corrected chi connectivity index (χ1v) is 7.44. The monoisotopic (exact) mass is 240 g/mol. The van der Waals surface area contributed by atoms with Crippen molar-refractivity contribution in [1.29, 1.82) is 0 Å². The Labute approximate surface area is 108 Å². The maximum atomic E-state index is 3.56. The summed E-state index contributed by atoms with van der Waals surface area (Å²) in [5.41, 5.74) is 0.273. The highest BCUT2D eigenvalue weighted by atomic mass is 15.1. The van der Waals surface area contributed by atoms with E-state index in [1.54, 1.807) is 0 Å². The molecule has 1 fully saturated rings. The van der Waals surface area contributed by atoms with Crippen LogP contribution in [0.1, 0.15) is 65.7 Å². The van der Waals surface area contributed by atoms with E-state index < -0.39 is 0 Å². The molecule has 1 saturated carbocycles. The standard InChI is InChI=1S/C15H32N2/c1-15(2,3)16-12-8-9-13-17(4)14-10-6-5-7-11-14/h14,16H,5-13H2,1-4H3. The molecule has 1 N–H and O–H groups in total. The van der Waals surface area contributed by atoms with Crippen molar-refractivity contribution in [2.75, 3.05) is 20.1 Å². The van der Waals surface area contributed by atoms with Crippen molar-refractivity contribution in [2.24, 2.45) is 0 Å². The van der Waals surface area contributed by atoms with Crippen molar-refractivity contribution in [3.63, 3.8) is 0 Å². The third-order valence-electron chi connectivity index (χ3n) is 3.79. The topological polar surface area (TPSA) is 15.3 Å². The van der Waals surface area contributed by atoms with E-state index in [9.17, 15) is 0 Å². The van der Waals surface area contributed by atoms with Crippen molar-refractivity contribution in [2.45, 2.75) is 77.3 Å². The zero-order chi connectivity index (χ0) is 12.7. The van der Waals surface area contributed by atoms with Crippen molar-refractivity contribution in [3.05, 3.63) is 0 Å². The van der Waals surface area contributed by atoms with Gasteiger partial charge in [-0.3, -0.25) is 0 Å². The molecule has 0 heterocycles. The first kappa shape index (κ1) is 15.0. The Bertz CT molecular complexity index is 190. The minimum atomic E-state index is 0.273. The number of hydrogen-bond donors (Lipinski definition) is 1. The Morgan fingerprint density at radius 3 is 2.29 bits per heavy atom. The summed E-state index contributed by atoms with van der Waals surface area (Å²) < 4.78 is 0. The zero-order valence-corrected chi connectivity index (χ0v) is 12.4. The molecule has 1 aliphatic carbocycles. The van der Waals surface area contributed by atoms with Crippen LogP contribution in [0.3, 0.4) is 0 Å². The molecule has 0 aromatic rings. The number of hydrogen-bond acceptors (Lipinski definition) is 2. The normalized spacial score (nSPS) is 18.9. The van der Waals surface area contributed by atoms with Gasteiger partial charge >= 0.3 is 0 Å². The highest BCUT2D eigenvalue weighted by Gasteiger charge is 2.17. The molecule has 0 aliphatic heterocycles. The fourth-order valence-corrected chi connectivity index (χ4v) is 2.65. The molecule has 1 rings (SSSR count). The van der Waals surface area contributed by atoms with Crippen LogP contribution < -0.4 is 5.32 Å². The van der Waals surface area contributed by atoms with Crippen molar-refractivity contribution in [1.82, 2.24) is 10.2 Å². The van der Waals surface area contributed by atoms with Gasteiger partial charge in [0, 0.05) is 11.6 Å². The van der Waals surface area contributed by atoms with Gasteiger partial charge in [-0.15, -0.1) is 0 Å². The van der Waals surface area contributed by atoms with Crippen LogP contribution in [0.25, 0.3) is 0 Å². The summed E-state index contributed by atoms with van der Waals surface area (Å²) in [6.07, 6.45) is 9.83. The molecular formula is C15H32N2. The Hall–Kier alpha value is -0.0800. The Balaban J connectivity index is 2.01. The Morgan fingerprint density at radius 1 is 1.06 bits per heavy atom. The van der Waals surface area contributed by atoms with E-state index in [4.69, 9.17) is 0 Å². The maximum absolute atomic E-state index is 3.56. The Morgan fingerprint density at radius 2 is 1.71 bits per heavy atom. The molecule has 102 valence electrons. The lowest BCUT2D eigenvalue weighted by Gasteiger charge is -2.31. The number of unbranched alkanes of at least 4 members (excludes halogenated alkanes) is 1. The molecule has 0 radical (unpaired) electrons. The average Bonchev–Trinajstić information content (AvgIpc) is 2.28. The molecule has 0 spiro atoms. The van der Waals surface area contributed by atoms with E-state index >= 15 is 0 Å². The molecule has 0 aromatic heterocycles. The summed E-state index contributed by atoms with van der Waals surface area (Å²) in [4.78, 5) is 2.59. The van der Waals surface area contributed by atoms with Gasteiger partial charge in [0.2, 0.25) is 0 Å². The predicted octanol–water partition coefficient (Wildman–Crippen LogP) is 3.42. The SMILES string of the molecule is CN(CCCCNC(C)(C)C)C1CCCCC1. The van der Waals surface area contributed by atoms with Gasteiger partial charge in [-0.05, 0) is 66.6 Å². The number of nitrogens with zero attached hydrogens (tertiary/aromatic N) is 1. The minimum Gasteiger partial charge on any atom is -0.312 e. The zero-order valence-electron chi connectivity index (χ0n) is 12.4. The van der Waals surface area contributed by atoms with Gasteiger partial charge in [0.25, 0.3) is 0 Å². The number of rotatable bonds is 6. The van der Waals surface area contributed by atoms with E-state index in [0.29, 0.717) is 0 Å². The molecule has 0 saturated heterocycles. The molecule has 0 unspecified atom stereocenters. The molecule has 0 atom stereocenters. The molecule has 2 nitrogen and oxygen atoms in total. The van der Waals surface area contributed by atoms with Gasteiger partial charge in [0.1, 0.15) is 0 Å². The van der Waals surface area contributed by atoms with E-state index in [1.165, 1.54) is 51.5 Å². The van der Waals surface area contributed by atoms with Crippen LogP contribution in [0.5, 0.6) is 0 Å². The van der Waals surface area contributed by atoms with E-state index in [2.05, 4.69) is 38.0 Å². The average molecular weight is 240 g/mol. The van der Waals surface area contributed by atoms with Crippen LogP contribution in [-0.2, 0) is 0 Å². The van der Waals surface area contributed by atoms with Gasteiger partial charge in [-0.2, -0.15) is 0 Å². The van der Waals surface area contributed by atoms with E-state index in [1.807, 2.05) is 0 Å². The fraction of sp³-hybridized carbons (Fsp3) is 1.00. The smallest absolute Gasteiger partial charge is 0.00965 e. The lowest BCUT2D eigenvalue weighted by atomic mass is 9.94. The second-order valence-electron chi connectivity index (χ2n) is 6.66. The second-order valence-corrected chi connectivity index (χ2v) is 6.66. The number of nitrogens with one attached hydrogen (secondary N) is 1. The summed E-state index contributed by atoms with van der Waals surface area (Å²) >= 11 is 0. The fourth-order valence-electron chi connectivity index (χ4n) is 2.65. The third kappa shape index (κ3) is 7.05. The highest BCUT2D eigenvalue weighted by Crippen LogP contribution is 2.21. The Kier molecular flexibility index (Phi) is 6.50. The van der Waals surface area contributed by atoms with Crippen LogP contribution in [0.2, 0.25) is 0 Å². The van der Waals surface area contributed by atoms with Gasteiger partial charge in [0.15, 0.2) is 0 Å². The van der Waals surface area contributed by atoms with Gasteiger partial charge < -0.3 is 10.2 Å². The van der Waals surface area contributed by atoms with Crippen LogP contribution in [0, 0.1) is 0 Å². The summed E-state index contributed by atoms with van der Waals surface area (Å²) in [5, 5.41) is 3.56. The highest BCUT2D eigenvalue weighted by molar-refractivity contribution is 4.74. The summed E-state index contributed by atoms with van der Waals surface area (Å²) in [5.74, 6) is 0.